The first-order chi connectivity index (χ1) is 12.0. The molecule has 2 heterocycles. The fourth-order valence-electron chi connectivity index (χ4n) is 3.34. The first-order valence-corrected chi connectivity index (χ1v) is 9.89. The predicted molar refractivity (Wildman–Crippen MR) is 105 cm³/mol. The number of rotatable bonds is 4. The van der Waals surface area contributed by atoms with Crippen LogP contribution in [-0.2, 0) is 9.53 Å². The number of hydrogen-bond acceptors (Lipinski definition) is 3. The van der Waals surface area contributed by atoms with Gasteiger partial charge in [0.15, 0.2) is 0 Å². The number of ether oxygens (including phenoxy) is 1. The van der Waals surface area contributed by atoms with Crippen LogP contribution in [0.2, 0.25) is 0 Å². The van der Waals surface area contributed by atoms with E-state index in [1.807, 2.05) is 23.1 Å². The van der Waals surface area contributed by atoms with Gasteiger partial charge in [0.25, 0.3) is 5.91 Å². The third kappa shape index (κ3) is 3.96. The Morgan fingerprint density at radius 3 is 2.56 bits per heavy atom. The van der Waals surface area contributed by atoms with E-state index in [-0.39, 0.29) is 18.1 Å². The van der Waals surface area contributed by atoms with Crippen molar-refractivity contribution in [3.8, 4) is 10.4 Å². The van der Waals surface area contributed by atoms with Gasteiger partial charge in [-0.25, -0.2) is 0 Å². The highest BCUT2D eigenvalue weighted by molar-refractivity contribution is 7.16. The predicted octanol–water partition coefficient (Wildman–Crippen LogP) is 5.28. The molecule has 25 heavy (non-hydrogen) atoms. The van der Waals surface area contributed by atoms with Crippen molar-refractivity contribution in [1.29, 1.82) is 0 Å². The molecule has 0 N–H and O–H groups in total. The summed E-state index contributed by atoms with van der Waals surface area (Å²) in [6, 6.07) is 12.6. The lowest BCUT2D eigenvalue weighted by Gasteiger charge is -2.33. The molecule has 1 aromatic heterocycles. The van der Waals surface area contributed by atoms with Gasteiger partial charge in [-0.2, -0.15) is 0 Å². The van der Waals surface area contributed by atoms with Gasteiger partial charge in [-0.1, -0.05) is 37.3 Å². The Kier molecular flexibility index (Phi) is 5.60. The van der Waals surface area contributed by atoms with Gasteiger partial charge >= 0.3 is 0 Å². The molecular formula is C21H27NO2S. The minimum Gasteiger partial charge on any atom is -0.368 e. The Morgan fingerprint density at radius 1 is 1.24 bits per heavy atom. The van der Waals surface area contributed by atoms with Crippen LogP contribution in [0.4, 0.5) is 5.69 Å². The van der Waals surface area contributed by atoms with Crippen LogP contribution in [0.5, 0.6) is 0 Å². The summed E-state index contributed by atoms with van der Waals surface area (Å²) in [6.45, 7) is 9.10. The SMILES string of the molecule is Cc1sc(-c2ccccc2)cc1N(C(=O)[C@H]1CC[C@H](C)CO1)C(C)C. The van der Waals surface area contributed by atoms with Gasteiger partial charge in [0, 0.05) is 15.8 Å². The summed E-state index contributed by atoms with van der Waals surface area (Å²) >= 11 is 1.74. The average molecular weight is 358 g/mol. The van der Waals surface area contributed by atoms with Gasteiger partial charge in [-0.05, 0) is 51.2 Å². The van der Waals surface area contributed by atoms with Crippen LogP contribution in [0, 0.1) is 12.8 Å². The number of anilines is 1. The first kappa shape index (κ1) is 18.2. The van der Waals surface area contributed by atoms with Crippen LogP contribution in [0.3, 0.4) is 0 Å². The van der Waals surface area contributed by atoms with Crippen molar-refractivity contribution in [2.45, 2.75) is 52.7 Å². The molecule has 1 aromatic carbocycles. The Bertz CT molecular complexity index is 715. The quantitative estimate of drug-likeness (QED) is 0.745. The highest BCUT2D eigenvalue weighted by Gasteiger charge is 2.32. The summed E-state index contributed by atoms with van der Waals surface area (Å²) in [5, 5.41) is 0. The van der Waals surface area contributed by atoms with Crippen molar-refractivity contribution in [2.75, 3.05) is 11.5 Å². The summed E-state index contributed by atoms with van der Waals surface area (Å²) in [5.41, 5.74) is 2.21. The number of benzene rings is 1. The monoisotopic (exact) mass is 357 g/mol. The van der Waals surface area contributed by atoms with E-state index in [1.165, 1.54) is 15.3 Å². The molecule has 1 fully saturated rings. The maximum atomic E-state index is 13.2. The van der Waals surface area contributed by atoms with E-state index in [0.717, 1.165) is 18.5 Å². The van der Waals surface area contributed by atoms with E-state index in [1.54, 1.807) is 11.3 Å². The number of aryl methyl sites for hydroxylation is 1. The van der Waals surface area contributed by atoms with Crippen molar-refractivity contribution in [2.24, 2.45) is 5.92 Å². The zero-order valence-electron chi connectivity index (χ0n) is 15.5. The molecule has 0 saturated carbocycles. The molecule has 0 spiro atoms. The number of nitrogens with zero attached hydrogens (tertiary/aromatic N) is 1. The van der Waals surface area contributed by atoms with E-state index in [2.05, 4.69) is 45.9 Å². The molecule has 1 aliphatic heterocycles. The Labute approximate surface area is 154 Å². The largest absolute Gasteiger partial charge is 0.368 e. The molecule has 134 valence electrons. The zero-order chi connectivity index (χ0) is 18.0. The summed E-state index contributed by atoms with van der Waals surface area (Å²) in [7, 11) is 0. The smallest absolute Gasteiger partial charge is 0.256 e. The molecule has 2 atom stereocenters. The highest BCUT2D eigenvalue weighted by atomic mass is 32.1. The molecule has 1 amide bonds. The third-order valence-electron chi connectivity index (χ3n) is 4.74. The second-order valence-corrected chi connectivity index (χ2v) is 8.48. The number of hydrogen-bond donors (Lipinski definition) is 0. The molecule has 2 aromatic rings. The molecule has 3 rings (SSSR count). The molecule has 0 radical (unpaired) electrons. The minimum absolute atomic E-state index is 0.0995. The Hall–Kier alpha value is -1.65. The summed E-state index contributed by atoms with van der Waals surface area (Å²) in [6.07, 6.45) is 1.57. The van der Waals surface area contributed by atoms with Crippen LogP contribution in [0.25, 0.3) is 10.4 Å². The summed E-state index contributed by atoms with van der Waals surface area (Å²) in [4.78, 5) is 17.5. The van der Waals surface area contributed by atoms with Gasteiger partial charge in [-0.3, -0.25) is 4.79 Å². The molecule has 0 unspecified atom stereocenters. The molecule has 1 aliphatic rings. The second kappa shape index (κ2) is 7.71. The standard InChI is InChI=1S/C21H27NO2S/c1-14(2)22(21(23)19-11-10-15(3)13-24-19)18-12-20(25-16(18)4)17-8-6-5-7-9-17/h5-9,12,14-15,19H,10-11,13H2,1-4H3/t15-,19+/m0/s1. The maximum absolute atomic E-state index is 13.2. The summed E-state index contributed by atoms with van der Waals surface area (Å²) in [5.74, 6) is 0.645. The van der Waals surface area contributed by atoms with E-state index >= 15 is 0 Å². The van der Waals surface area contributed by atoms with E-state index in [9.17, 15) is 4.79 Å². The van der Waals surface area contributed by atoms with Crippen LogP contribution in [0.15, 0.2) is 36.4 Å². The van der Waals surface area contributed by atoms with Gasteiger partial charge in [0.05, 0.1) is 12.3 Å². The van der Waals surface area contributed by atoms with Crippen molar-refractivity contribution >= 4 is 22.9 Å². The van der Waals surface area contributed by atoms with Gasteiger partial charge in [0.2, 0.25) is 0 Å². The number of carbonyl (C=O) groups is 1. The average Bonchev–Trinajstić information content (AvgIpc) is 2.98. The fourth-order valence-corrected chi connectivity index (χ4v) is 4.36. The van der Waals surface area contributed by atoms with Gasteiger partial charge in [0.1, 0.15) is 6.10 Å². The van der Waals surface area contributed by atoms with Crippen molar-refractivity contribution in [3.63, 3.8) is 0 Å². The fraction of sp³-hybridized carbons (Fsp3) is 0.476. The van der Waals surface area contributed by atoms with Crippen LogP contribution >= 0.6 is 11.3 Å². The van der Waals surface area contributed by atoms with E-state index in [4.69, 9.17) is 4.74 Å². The highest BCUT2D eigenvalue weighted by Crippen LogP contribution is 2.37. The van der Waals surface area contributed by atoms with Crippen molar-refractivity contribution < 1.29 is 9.53 Å². The number of amides is 1. The minimum atomic E-state index is -0.307. The number of thiophene rings is 1. The maximum Gasteiger partial charge on any atom is 0.256 e. The lowest BCUT2D eigenvalue weighted by atomic mass is 9.99. The van der Waals surface area contributed by atoms with E-state index < -0.39 is 0 Å². The van der Waals surface area contributed by atoms with Crippen LogP contribution in [-0.4, -0.2) is 24.7 Å². The Morgan fingerprint density at radius 2 is 1.96 bits per heavy atom. The molecule has 3 nitrogen and oxygen atoms in total. The third-order valence-corrected chi connectivity index (χ3v) is 5.83. The molecule has 4 heteroatoms. The number of carbonyl (C=O) groups excluding carboxylic acids is 1. The molecule has 1 saturated heterocycles. The normalized spacial score (nSPS) is 20.7. The Balaban J connectivity index is 1.88. The topological polar surface area (TPSA) is 29.5 Å². The van der Waals surface area contributed by atoms with Crippen LogP contribution < -0.4 is 4.90 Å². The molecular weight excluding hydrogens is 330 g/mol. The molecule has 0 aliphatic carbocycles. The van der Waals surface area contributed by atoms with Crippen molar-refractivity contribution in [3.05, 3.63) is 41.3 Å². The van der Waals surface area contributed by atoms with Crippen LogP contribution in [0.1, 0.15) is 38.5 Å². The molecule has 0 bridgehead atoms. The summed E-state index contributed by atoms with van der Waals surface area (Å²) < 4.78 is 5.85. The van der Waals surface area contributed by atoms with Gasteiger partial charge < -0.3 is 9.64 Å². The van der Waals surface area contributed by atoms with Gasteiger partial charge in [-0.15, -0.1) is 11.3 Å². The van der Waals surface area contributed by atoms with E-state index in [0.29, 0.717) is 12.5 Å². The lowest BCUT2D eigenvalue weighted by Crippen LogP contribution is -2.46. The first-order valence-electron chi connectivity index (χ1n) is 9.08. The second-order valence-electron chi connectivity index (χ2n) is 7.22. The lowest BCUT2D eigenvalue weighted by molar-refractivity contribution is -0.134. The zero-order valence-corrected chi connectivity index (χ0v) is 16.3. The van der Waals surface area contributed by atoms with Crippen molar-refractivity contribution in [1.82, 2.24) is 0 Å².